The number of rotatable bonds is 8. The van der Waals surface area contributed by atoms with Crippen molar-refractivity contribution in [1.82, 2.24) is 19.2 Å². The van der Waals surface area contributed by atoms with Crippen LogP contribution in [0.15, 0.2) is 72.1 Å². The van der Waals surface area contributed by atoms with Crippen molar-refractivity contribution in [2.24, 2.45) is 7.05 Å². The SMILES string of the molecule is Cn1cnc(S(=O)(=O)N2CC(NCCOc3ccc(C(C)(C)C)cc3)C(c3ccccc3)C2)c1. The van der Waals surface area contributed by atoms with E-state index in [1.165, 1.54) is 16.2 Å². The van der Waals surface area contributed by atoms with Crippen molar-refractivity contribution >= 4 is 10.0 Å². The maximum Gasteiger partial charge on any atom is 0.262 e. The lowest BCUT2D eigenvalue weighted by Crippen LogP contribution is -2.38. The van der Waals surface area contributed by atoms with Crippen molar-refractivity contribution in [3.05, 3.63) is 78.2 Å². The van der Waals surface area contributed by atoms with Gasteiger partial charge in [-0.05, 0) is 28.7 Å². The molecular weight excluding hydrogens is 448 g/mol. The summed E-state index contributed by atoms with van der Waals surface area (Å²) in [4.78, 5) is 4.08. The minimum atomic E-state index is -3.65. The van der Waals surface area contributed by atoms with Crippen molar-refractivity contribution in [3.8, 4) is 5.75 Å². The number of benzene rings is 2. The van der Waals surface area contributed by atoms with Gasteiger partial charge in [-0.25, -0.2) is 13.4 Å². The molecule has 1 aromatic heterocycles. The third kappa shape index (κ3) is 5.51. The Morgan fingerprint density at radius 3 is 2.38 bits per heavy atom. The van der Waals surface area contributed by atoms with Crippen LogP contribution in [0.25, 0.3) is 0 Å². The largest absolute Gasteiger partial charge is 0.492 e. The third-order valence-electron chi connectivity index (χ3n) is 6.30. The number of nitrogens with one attached hydrogen (secondary N) is 1. The van der Waals surface area contributed by atoms with Crippen LogP contribution in [-0.4, -0.2) is 54.6 Å². The molecule has 1 aliphatic rings. The number of sulfonamides is 1. The Labute approximate surface area is 202 Å². The highest BCUT2D eigenvalue weighted by Gasteiger charge is 2.40. The Morgan fingerprint density at radius 1 is 1.06 bits per heavy atom. The topological polar surface area (TPSA) is 76.5 Å². The minimum Gasteiger partial charge on any atom is -0.492 e. The van der Waals surface area contributed by atoms with Crippen LogP contribution in [0.5, 0.6) is 5.75 Å². The molecule has 1 fully saturated rings. The minimum absolute atomic E-state index is 0.0206. The van der Waals surface area contributed by atoms with Gasteiger partial charge >= 0.3 is 0 Å². The van der Waals surface area contributed by atoms with E-state index in [9.17, 15) is 8.42 Å². The summed E-state index contributed by atoms with van der Waals surface area (Å²) in [5, 5.41) is 3.63. The second kappa shape index (κ2) is 9.90. The predicted octanol–water partition coefficient (Wildman–Crippen LogP) is 3.54. The lowest BCUT2D eigenvalue weighted by Gasteiger charge is -2.21. The molecule has 2 atom stereocenters. The second-order valence-corrected chi connectivity index (χ2v) is 11.8. The average molecular weight is 483 g/mol. The summed E-state index contributed by atoms with van der Waals surface area (Å²) >= 11 is 0. The van der Waals surface area contributed by atoms with Crippen LogP contribution in [-0.2, 0) is 22.5 Å². The molecule has 1 saturated heterocycles. The fourth-order valence-electron chi connectivity index (χ4n) is 4.33. The lowest BCUT2D eigenvalue weighted by molar-refractivity contribution is 0.303. The van der Waals surface area contributed by atoms with Gasteiger partial charge in [0.05, 0.1) is 6.33 Å². The van der Waals surface area contributed by atoms with Crippen LogP contribution in [0.2, 0.25) is 0 Å². The van der Waals surface area contributed by atoms with E-state index in [1.807, 2.05) is 30.3 Å². The zero-order chi connectivity index (χ0) is 24.3. The maximum absolute atomic E-state index is 13.2. The molecule has 0 saturated carbocycles. The molecular formula is C26H34N4O3S. The molecule has 4 rings (SSSR count). The van der Waals surface area contributed by atoms with Crippen molar-refractivity contribution in [2.45, 2.75) is 43.2 Å². The first-order valence-electron chi connectivity index (χ1n) is 11.6. The molecule has 0 spiro atoms. The van der Waals surface area contributed by atoms with E-state index in [1.54, 1.807) is 17.8 Å². The first-order chi connectivity index (χ1) is 16.1. The summed E-state index contributed by atoms with van der Waals surface area (Å²) < 4.78 is 35.5. The van der Waals surface area contributed by atoms with Gasteiger partial charge in [0.1, 0.15) is 12.4 Å². The Balaban J connectivity index is 1.40. The van der Waals surface area contributed by atoms with E-state index in [4.69, 9.17) is 4.74 Å². The highest BCUT2D eigenvalue weighted by Crippen LogP contribution is 2.31. The van der Waals surface area contributed by atoms with E-state index in [0.717, 1.165) is 11.3 Å². The summed E-state index contributed by atoms with van der Waals surface area (Å²) in [5.41, 5.74) is 2.50. The molecule has 182 valence electrons. The summed E-state index contributed by atoms with van der Waals surface area (Å²) in [6.07, 6.45) is 3.06. The zero-order valence-electron chi connectivity index (χ0n) is 20.3. The highest BCUT2D eigenvalue weighted by atomic mass is 32.2. The monoisotopic (exact) mass is 482 g/mol. The molecule has 3 aromatic rings. The Hall–Kier alpha value is -2.68. The number of nitrogens with zero attached hydrogens (tertiary/aromatic N) is 3. The molecule has 2 heterocycles. The van der Waals surface area contributed by atoms with Gasteiger partial charge in [0.25, 0.3) is 10.0 Å². The van der Waals surface area contributed by atoms with Gasteiger partial charge in [0, 0.05) is 44.8 Å². The van der Waals surface area contributed by atoms with Crippen LogP contribution in [0, 0.1) is 0 Å². The van der Waals surface area contributed by atoms with Gasteiger partial charge in [-0.2, -0.15) is 4.31 Å². The van der Waals surface area contributed by atoms with E-state index >= 15 is 0 Å². The third-order valence-corrected chi connectivity index (χ3v) is 8.01. The standard InChI is InChI=1S/C26H34N4O3S/c1-26(2,3)21-10-12-22(13-11-21)33-15-14-27-24-17-30(16-23(24)20-8-6-5-7-9-20)34(31,32)25-18-29(4)19-28-25/h5-13,18-19,23-24,27H,14-17H2,1-4H3. The number of aromatic nitrogens is 2. The van der Waals surface area contributed by atoms with E-state index in [0.29, 0.717) is 26.2 Å². The van der Waals surface area contributed by atoms with Crippen LogP contribution in [0.1, 0.15) is 37.8 Å². The fourth-order valence-corrected chi connectivity index (χ4v) is 5.79. The lowest BCUT2D eigenvalue weighted by atomic mass is 9.87. The summed E-state index contributed by atoms with van der Waals surface area (Å²) in [6, 6.07) is 18.3. The summed E-state index contributed by atoms with van der Waals surface area (Å²) in [6.45, 7) is 8.49. The molecule has 0 radical (unpaired) electrons. The van der Waals surface area contributed by atoms with Gasteiger partial charge in [0.2, 0.25) is 0 Å². The van der Waals surface area contributed by atoms with E-state index < -0.39 is 10.0 Å². The number of aryl methyl sites for hydroxylation is 1. The molecule has 1 N–H and O–H groups in total. The van der Waals surface area contributed by atoms with Crippen molar-refractivity contribution in [1.29, 1.82) is 0 Å². The average Bonchev–Trinajstić information content (AvgIpc) is 3.44. The predicted molar refractivity (Wildman–Crippen MR) is 134 cm³/mol. The van der Waals surface area contributed by atoms with Crippen LogP contribution < -0.4 is 10.1 Å². The normalized spacial score (nSPS) is 19.4. The van der Waals surface area contributed by atoms with Gasteiger partial charge in [0.15, 0.2) is 5.03 Å². The Bertz CT molecular complexity index is 1180. The van der Waals surface area contributed by atoms with E-state index in [-0.39, 0.29) is 22.4 Å². The fraction of sp³-hybridized carbons (Fsp3) is 0.423. The smallest absolute Gasteiger partial charge is 0.262 e. The van der Waals surface area contributed by atoms with Crippen LogP contribution >= 0.6 is 0 Å². The van der Waals surface area contributed by atoms with Crippen molar-refractivity contribution in [3.63, 3.8) is 0 Å². The summed E-state index contributed by atoms with van der Waals surface area (Å²) in [5.74, 6) is 0.881. The van der Waals surface area contributed by atoms with E-state index in [2.05, 4.69) is 55.3 Å². The number of hydrogen-bond acceptors (Lipinski definition) is 5. The first-order valence-corrected chi connectivity index (χ1v) is 13.1. The number of ether oxygens (including phenoxy) is 1. The molecule has 8 heteroatoms. The highest BCUT2D eigenvalue weighted by molar-refractivity contribution is 7.89. The van der Waals surface area contributed by atoms with Gasteiger partial charge < -0.3 is 14.6 Å². The molecule has 7 nitrogen and oxygen atoms in total. The Morgan fingerprint density at radius 2 is 1.76 bits per heavy atom. The Kier molecular flexibility index (Phi) is 7.12. The van der Waals surface area contributed by atoms with Crippen LogP contribution in [0.4, 0.5) is 0 Å². The molecule has 2 unspecified atom stereocenters. The van der Waals surface area contributed by atoms with Gasteiger partial charge in [-0.15, -0.1) is 0 Å². The molecule has 0 bridgehead atoms. The summed E-state index contributed by atoms with van der Waals surface area (Å²) in [7, 11) is -1.88. The molecule has 1 aliphatic heterocycles. The quantitative estimate of drug-likeness (QED) is 0.497. The maximum atomic E-state index is 13.2. The molecule has 0 amide bonds. The zero-order valence-corrected chi connectivity index (χ0v) is 21.1. The second-order valence-electron chi connectivity index (χ2n) is 9.90. The first kappa shape index (κ1) is 24.4. The number of imidazole rings is 1. The van der Waals surface area contributed by atoms with Gasteiger partial charge in [-0.1, -0.05) is 63.2 Å². The molecule has 2 aromatic carbocycles. The molecule has 0 aliphatic carbocycles. The van der Waals surface area contributed by atoms with Gasteiger partial charge in [-0.3, -0.25) is 0 Å². The van der Waals surface area contributed by atoms with Crippen molar-refractivity contribution in [2.75, 3.05) is 26.2 Å². The number of hydrogen-bond donors (Lipinski definition) is 1. The molecule has 34 heavy (non-hydrogen) atoms. The van der Waals surface area contributed by atoms with Crippen molar-refractivity contribution < 1.29 is 13.2 Å². The van der Waals surface area contributed by atoms with Crippen LogP contribution in [0.3, 0.4) is 0 Å².